The van der Waals surface area contributed by atoms with Crippen LogP contribution < -0.4 is 0 Å². The zero-order valence-corrected chi connectivity index (χ0v) is 8.80. The third kappa shape index (κ3) is 5.12. The summed E-state index contributed by atoms with van der Waals surface area (Å²) >= 11 is 6.48. The summed E-state index contributed by atoms with van der Waals surface area (Å²) in [6, 6.07) is 0. The van der Waals surface area contributed by atoms with Gasteiger partial charge in [0.2, 0.25) is 0 Å². The predicted molar refractivity (Wildman–Crippen MR) is 57.6 cm³/mol. The van der Waals surface area contributed by atoms with Crippen LogP contribution in [0.3, 0.4) is 0 Å². The molecule has 0 nitrogen and oxygen atoms in total. The topological polar surface area (TPSA) is 0 Å². The fraction of sp³-hybridized carbons (Fsp3) is 0.750. The molecule has 0 aliphatic carbocycles. The van der Waals surface area contributed by atoms with Gasteiger partial charge >= 0.3 is 0 Å². The summed E-state index contributed by atoms with van der Waals surface area (Å²) in [5, 5.41) is 2.85. The molecule has 0 saturated heterocycles. The molecule has 0 aromatic heterocycles. The first-order valence-electron chi connectivity index (χ1n) is 3.61. The maximum Gasteiger partial charge on any atom is 0.0230 e. The lowest BCUT2D eigenvalue weighted by molar-refractivity contribution is 0.912. The number of thiol groups is 1. The van der Waals surface area contributed by atoms with Crippen molar-refractivity contribution in [3.8, 4) is 0 Å². The molecule has 0 amide bonds. The van der Waals surface area contributed by atoms with E-state index in [0.29, 0.717) is 11.2 Å². The molecule has 0 aliphatic heterocycles. The van der Waals surface area contributed by atoms with E-state index in [1.165, 1.54) is 11.4 Å². The highest BCUT2D eigenvalue weighted by Crippen LogP contribution is 2.01. The Morgan fingerprint density at radius 3 is 2.10 bits per heavy atom. The molecule has 60 valence electrons. The highest BCUT2D eigenvalue weighted by molar-refractivity contribution is 8.01. The van der Waals surface area contributed by atoms with Crippen molar-refractivity contribution in [2.45, 2.75) is 32.9 Å². The first kappa shape index (κ1) is 10.3. The van der Waals surface area contributed by atoms with Gasteiger partial charge < -0.3 is 0 Å². The highest BCUT2D eigenvalue weighted by Gasteiger charge is 1.96. The Balaban J connectivity index is 3.79. The van der Waals surface area contributed by atoms with Crippen LogP contribution in [-0.4, -0.2) is 15.5 Å². The molecule has 0 unspecified atom stereocenters. The van der Waals surface area contributed by atoms with Crippen molar-refractivity contribution in [2.75, 3.05) is 0 Å². The van der Waals surface area contributed by atoms with Gasteiger partial charge in [-0.25, -0.2) is 0 Å². The molecule has 10 heavy (non-hydrogen) atoms. The summed E-state index contributed by atoms with van der Waals surface area (Å²) in [6.45, 7) is 8.66. The fourth-order valence-corrected chi connectivity index (χ4v) is 1.30. The Labute approximate surface area is 73.0 Å². The van der Waals surface area contributed by atoms with E-state index in [4.69, 9.17) is 12.2 Å². The molecule has 0 aromatic rings. The number of thiocarbonyl (C=S) groups is 1. The number of hydrogen-bond donors (Lipinski definition) is 1. The molecule has 2 heteroatoms. The molecule has 0 radical (unpaired) electrons. The van der Waals surface area contributed by atoms with Crippen LogP contribution in [0.25, 0.3) is 0 Å². The molecule has 0 fully saturated rings. The van der Waals surface area contributed by atoms with Crippen LogP contribution in [0.2, 0.25) is 0 Å². The van der Waals surface area contributed by atoms with Crippen molar-refractivity contribution in [3.63, 3.8) is 0 Å². The lowest BCUT2D eigenvalue weighted by atomic mass is 10.2. The minimum atomic E-state index is 0.529. The summed E-state index contributed by atoms with van der Waals surface area (Å²) in [4.78, 5) is 1.09. The van der Waals surface area contributed by atoms with Crippen molar-refractivity contribution in [2.24, 2.45) is 5.92 Å². The zero-order valence-electron chi connectivity index (χ0n) is 7.09. The molecule has 0 rings (SSSR count). The largest absolute Gasteiger partial charge is 0.197 e. The number of hydrogen-bond acceptors (Lipinski definition) is 1. The van der Waals surface area contributed by atoms with E-state index >= 15 is 0 Å². The van der Waals surface area contributed by atoms with E-state index in [0.717, 1.165) is 4.86 Å². The fourth-order valence-electron chi connectivity index (χ4n) is 0.372. The van der Waals surface area contributed by atoms with Crippen LogP contribution in [-0.2, 0) is 0 Å². The van der Waals surface area contributed by atoms with Gasteiger partial charge in [0, 0.05) is 4.86 Å². The predicted octanol–water partition coefficient (Wildman–Crippen LogP) is 2.69. The lowest BCUT2D eigenvalue weighted by Gasteiger charge is -2.01. The van der Waals surface area contributed by atoms with Crippen molar-refractivity contribution >= 4 is 33.8 Å². The summed E-state index contributed by atoms with van der Waals surface area (Å²) in [5.74, 6) is 0.529. The van der Waals surface area contributed by atoms with Gasteiger partial charge in [-0.05, 0) is 16.5 Å². The van der Waals surface area contributed by atoms with Gasteiger partial charge in [0.1, 0.15) is 0 Å². The monoisotopic (exact) mass is 176 g/mol. The summed E-state index contributed by atoms with van der Waals surface area (Å²) in [5.41, 5.74) is 0. The molecular weight excluding hydrogens is 160 g/mol. The quantitative estimate of drug-likeness (QED) is 0.509. The minimum absolute atomic E-state index is 0.529. The Bertz CT molecular complexity index is 134. The molecule has 0 saturated carbocycles. The van der Waals surface area contributed by atoms with E-state index in [1.54, 1.807) is 0 Å². The molecular formula is C8H16S2. The first-order chi connectivity index (χ1) is 4.54. The van der Waals surface area contributed by atoms with Crippen LogP contribution in [0.1, 0.15) is 27.7 Å². The van der Waals surface area contributed by atoms with E-state index in [2.05, 4.69) is 33.1 Å². The van der Waals surface area contributed by atoms with Gasteiger partial charge in [-0.3, -0.25) is 0 Å². The normalized spacial score (nSPS) is 12.6. The second kappa shape index (κ2) is 5.03. The van der Waals surface area contributed by atoms with Crippen molar-refractivity contribution < 1.29 is 0 Å². The van der Waals surface area contributed by atoms with E-state index in [9.17, 15) is 0 Å². The average Bonchev–Trinajstić information content (AvgIpc) is 1.82. The lowest BCUT2D eigenvalue weighted by Crippen LogP contribution is -2.04. The summed E-state index contributed by atoms with van der Waals surface area (Å²) in [7, 11) is 0. The molecule has 0 N–H and O–H groups in total. The minimum Gasteiger partial charge on any atom is -0.197 e. The maximum atomic E-state index is 5.13. The molecule has 0 aromatic carbocycles. The van der Waals surface area contributed by atoms with Gasteiger partial charge in [0.05, 0.1) is 0 Å². The third-order valence-electron chi connectivity index (χ3n) is 1.07. The summed E-state index contributed by atoms with van der Waals surface area (Å²) < 4.78 is 0. The highest BCUT2D eigenvalue weighted by atomic mass is 32.1. The molecule has 0 atom stereocenters. The average molecular weight is 176 g/mol. The molecule has 0 aliphatic rings. The first-order valence-corrected chi connectivity index (χ1v) is 5.05. The van der Waals surface area contributed by atoms with Crippen LogP contribution >= 0.6 is 23.6 Å². The van der Waals surface area contributed by atoms with E-state index < -0.39 is 0 Å². The van der Waals surface area contributed by atoms with Gasteiger partial charge in [-0.1, -0.05) is 39.9 Å². The standard InChI is InChI=1S/C8H16S2/c1-6(2)8(9)5-10-7(3)4/h5-7,10H,1-4H3. The maximum absolute atomic E-state index is 5.13. The van der Waals surface area contributed by atoms with Gasteiger partial charge in [0.15, 0.2) is 0 Å². The Hall–Kier alpha value is 0.310. The van der Waals surface area contributed by atoms with Crippen molar-refractivity contribution in [3.05, 3.63) is 0 Å². The zero-order chi connectivity index (χ0) is 8.15. The smallest absolute Gasteiger partial charge is 0.0230 e. The van der Waals surface area contributed by atoms with Gasteiger partial charge in [0.25, 0.3) is 0 Å². The Kier molecular flexibility index (Phi) is 5.18. The summed E-state index contributed by atoms with van der Waals surface area (Å²) in [6.07, 6.45) is 0. The SMILES string of the molecule is CC(C)/[SH]=C\C(=S)C(C)C. The third-order valence-corrected chi connectivity index (χ3v) is 2.86. The van der Waals surface area contributed by atoms with E-state index in [1.807, 2.05) is 0 Å². The molecule has 0 spiro atoms. The van der Waals surface area contributed by atoms with E-state index in [-0.39, 0.29) is 0 Å². The Morgan fingerprint density at radius 2 is 1.80 bits per heavy atom. The van der Waals surface area contributed by atoms with Crippen LogP contribution in [0.15, 0.2) is 0 Å². The second-order valence-electron chi connectivity index (χ2n) is 2.93. The van der Waals surface area contributed by atoms with Crippen LogP contribution in [0, 0.1) is 5.92 Å². The Morgan fingerprint density at radius 1 is 1.30 bits per heavy atom. The number of rotatable bonds is 3. The van der Waals surface area contributed by atoms with Crippen LogP contribution in [0.4, 0.5) is 0 Å². The van der Waals surface area contributed by atoms with Crippen LogP contribution in [0.5, 0.6) is 0 Å². The van der Waals surface area contributed by atoms with Gasteiger partial charge in [-0.15, -0.1) is 0 Å². The molecule has 0 bridgehead atoms. The van der Waals surface area contributed by atoms with Gasteiger partial charge in [-0.2, -0.15) is 11.4 Å². The molecule has 0 heterocycles. The van der Waals surface area contributed by atoms with Crippen molar-refractivity contribution in [1.29, 1.82) is 0 Å². The second-order valence-corrected chi connectivity index (χ2v) is 4.99. The van der Waals surface area contributed by atoms with Crippen molar-refractivity contribution in [1.82, 2.24) is 0 Å².